The molecule has 2 rings (SSSR count). The maximum atomic E-state index is 3.63. The van der Waals surface area contributed by atoms with Crippen molar-refractivity contribution in [3.63, 3.8) is 0 Å². The first-order valence-corrected chi connectivity index (χ1v) is 8.30. The van der Waals surface area contributed by atoms with Crippen LogP contribution in [0.2, 0.25) is 0 Å². The molecule has 1 unspecified atom stereocenters. The van der Waals surface area contributed by atoms with Crippen molar-refractivity contribution >= 4 is 15.9 Å². The van der Waals surface area contributed by atoms with Crippen LogP contribution in [0.3, 0.4) is 0 Å². The van der Waals surface area contributed by atoms with Crippen molar-refractivity contribution in [1.82, 2.24) is 5.32 Å². The zero-order valence-corrected chi connectivity index (χ0v) is 15.1. The molecule has 2 heteroatoms. The molecule has 112 valence electrons. The molecule has 0 saturated carbocycles. The Morgan fingerprint density at radius 1 is 0.905 bits per heavy atom. The number of hydrogen-bond donors (Lipinski definition) is 1. The summed E-state index contributed by atoms with van der Waals surface area (Å²) < 4.78 is 1.18. The van der Waals surface area contributed by atoms with Gasteiger partial charge in [0.25, 0.3) is 0 Å². The number of halogens is 1. The van der Waals surface area contributed by atoms with Gasteiger partial charge in [-0.15, -0.1) is 0 Å². The Bertz CT molecular complexity index is 646. The van der Waals surface area contributed by atoms with Crippen molar-refractivity contribution in [3.05, 3.63) is 68.2 Å². The van der Waals surface area contributed by atoms with Crippen LogP contribution in [0.25, 0.3) is 0 Å². The lowest BCUT2D eigenvalue weighted by Gasteiger charge is -2.23. The molecule has 1 nitrogen and oxygen atoms in total. The lowest BCUT2D eigenvalue weighted by Crippen LogP contribution is -2.23. The van der Waals surface area contributed by atoms with E-state index in [0.717, 1.165) is 6.54 Å². The van der Waals surface area contributed by atoms with Crippen LogP contribution in [-0.2, 0) is 0 Å². The average Bonchev–Trinajstić information content (AvgIpc) is 2.44. The third-order valence-electron chi connectivity index (χ3n) is 4.13. The molecule has 1 N–H and O–H groups in total. The minimum absolute atomic E-state index is 0.251. The minimum atomic E-state index is 0.251. The first kappa shape index (κ1) is 16.3. The van der Waals surface area contributed by atoms with Crippen LogP contribution in [-0.4, -0.2) is 6.54 Å². The fourth-order valence-corrected chi connectivity index (χ4v) is 3.13. The Balaban J connectivity index is 2.52. The van der Waals surface area contributed by atoms with Gasteiger partial charge in [0.1, 0.15) is 0 Å². The largest absolute Gasteiger partial charge is 0.307 e. The van der Waals surface area contributed by atoms with E-state index in [-0.39, 0.29) is 6.04 Å². The van der Waals surface area contributed by atoms with Crippen molar-refractivity contribution in [2.24, 2.45) is 0 Å². The standard InChI is InChI=1S/C19H24BrN/c1-6-21-19(16-8-7-12(2)13(3)9-16)17-10-15(5)18(20)11-14(17)4/h7-11,19,21H,6H2,1-5H3. The fourth-order valence-electron chi connectivity index (χ4n) is 2.67. The lowest BCUT2D eigenvalue weighted by molar-refractivity contribution is 0.626. The molecule has 0 amide bonds. The third-order valence-corrected chi connectivity index (χ3v) is 4.99. The van der Waals surface area contributed by atoms with E-state index in [2.05, 4.69) is 86.2 Å². The second-order valence-electron chi connectivity index (χ2n) is 5.79. The number of nitrogens with one attached hydrogen (secondary N) is 1. The zero-order valence-electron chi connectivity index (χ0n) is 13.5. The highest BCUT2D eigenvalue weighted by Gasteiger charge is 2.16. The average molecular weight is 346 g/mol. The summed E-state index contributed by atoms with van der Waals surface area (Å²) in [6, 6.07) is 11.5. The van der Waals surface area contributed by atoms with Gasteiger partial charge in [0.15, 0.2) is 0 Å². The van der Waals surface area contributed by atoms with Crippen LogP contribution in [0, 0.1) is 27.7 Å². The molecule has 21 heavy (non-hydrogen) atoms. The van der Waals surface area contributed by atoms with Gasteiger partial charge in [-0.2, -0.15) is 0 Å². The number of aryl methyl sites for hydroxylation is 4. The summed E-state index contributed by atoms with van der Waals surface area (Å²) in [4.78, 5) is 0. The maximum absolute atomic E-state index is 3.63. The molecule has 0 heterocycles. The lowest BCUT2D eigenvalue weighted by atomic mass is 9.92. The van der Waals surface area contributed by atoms with Crippen LogP contribution in [0.4, 0.5) is 0 Å². The predicted molar refractivity (Wildman–Crippen MR) is 95.1 cm³/mol. The van der Waals surface area contributed by atoms with E-state index in [1.54, 1.807) is 0 Å². The molecule has 0 aliphatic carbocycles. The molecule has 0 spiro atoms. The van der Waals surface area contributed by atoms with Crippen molar-refractivity contribution in [2.45, 2.75) is 40.7 Å². The normalized spacial score (nSPS) is 12.5. The Hall–Kier alpha value is -1.12. The molecular formula is C19H24BrN. The predicted octanol–water partition coefficient (Wildman–Crippen LogP) is 5.38. The second kappa shape index (κ2) is 6.76. The van der Waals surface area contributed by atoms with E-state index in [4.69, 9.17) is 0 Å². The summed E-state index contributed by atoms with van der Waals surface area (Å²) in [5.74, 6) is 0. The van der Waals surface area contributed by atoms with E-state index in [9.17, 15) is 0 Å². The van der Waals surface area contributed by atoms with Crippen molar-refractivity contribution < 1.29 is 0 Å². The molecule has 2 aromatic rings. The molecule has 0 aromatic heterocycles. The van der Waals surface area contributed by atoms with Gasteiger partial charge in [-0.05, 0) is 73.7 Å². The summed E-state index contributed by atoms with van der Waals surface area (Å²) in [6.45, 7) is 11.8. The van der Waals surface area contributed by atoms with Gasteiger partial charge in [-0.25, -0.2) is 0 Å². The van der Waals surface area contributed by atoms with Gasteiger partial charge in [-0.3, -0.25) is 0 Å². The van der Waals surface area contributed by atoms with E-state index in [0.29, 0.717) is 0 Å². The van der Waals surface area contributed by atoms with Crippen LogP contribution >= 0.6 is 15.9 Å². The van der Waals surface area contributed by atoms with Gasteiger partial charge >= 0.3 is 0 Å². The van der Waals surface area contributed by atoms with Crippen LogP contribution in [0.15, 0.2) is 34.8 Å². The Kier molecular flexibility index (Phi) is 5.23. The highest BCUT2D eigenvalue weighted by atomic mass is 79.9. The molecule has 2 aromatic carbocycles. The van der Waals surface area contributed by atoms with Crippen LogP contribution in [0.1, 0.15) is 46.3 Å². The Labute approximate surface area is 136 Å². The van der Waals surface area contributed by atoms with Crippen LogP contribution < -0.4 is 5.32 Å². The summed E-state index contributed by atoms with van der Waals surface area (Å²) in [5.41, 5.74) is 7.99. The summed E-state index contributed by atoms with van der Waals surface area (Å²) in [6.07, 6.45) is 0. The maximum Gasteiger partial charge on any atom is 0.0579 e. The van der Waals surface area contributed by atoms with E-state index in [1.165, 1.54) is 37.9 Å². The molecular weight excluding hydrogens is 322 g/mol. The molecule has 1 atom stereocenters. The quantitative estimate of drug-likeness (QED) is 0.783. The summed E-state index contributed by atoms with van der Waals surface area (Å²) >= 11 is 3.63. The van der Waals surface area contributed by atoms with Crippen molar-refractivity contribution in [3.8, 4) is 0 Å². The molecule has 0 aliphatic heterocycles. The van der Waals surface area contributed by atoms with E-state index >= 15 is 0 Å². The molecule has 0 radical (unpaired) electrons. The topological polar surface area (TPSA) is 12.0 Å². The summed E-state index contributed by atoms with van der Waals surface area (Å²) in [5, 5.41) is 3.63. The fraction of sp³-hybridized carbons (Fsp3) is 0.368. The van der Waals surface area contributed by atoms with Gasteiger partial charge in [0, 0.05) is 4.47 Å². The zero-order chi connectivity index (χ0) is 15.6. The minimum Gasteiger partial charge on any atom is -0.307 e. The number of hydrogen-bond acceptors (Lipinski definition) is 1. The van der Waals surface area contributed by atoms with Gasteiger partial charge in [-0.1, -0.05) is 47.1 Å². The molecule has 0 saturated heterocycles. The SMILES string of the molecule is CCNC(c1ccc(C)c(C)c1)c1cc(C)c(Br)cc1C. The highest BCUT2D eigenvalue weighted by Crippen LogP contribution is 2.30. The smallest absolute Gasteiger partial charge is 0.0579 e. The van der Waals surface area contributed by atoms with Crippen LogP contribution in [0.5, 0.6) is 0 Å². The number of rotatable bonds is 4. The second-order valence-corrected chi connectivity index (χ2v) is 6.65. The van der Waals surface area contributed by atoms with Crippen molar-refractivity contribution in [2.75, 3.05) is 6.54 Å². The first-order chi connectivity index (χ1) is 9.93. The Morgan fingerprint density at radius 3 is 2.24 bits per heavy atom. The highest BCUT2D eigenvalue weighted by molar-refractivity contribution is 9.10. The van der Waals surface area contributed by atoms with Crippen molar-refractivity contribution in [1.29, 1.82) is 0 Å². The van der Waals surface area contributed by atoms with E-state index < -0.39 is 0 Å². The molecule has 0 bridgehead atoms. The summed E-state index contributed by atoms with van der Waals surface area (Å²) in [7, 11) is 0. The van der Waals surface area contributed by atoms with Gasteiger partial charge < -0.3 is 5.32 Å². The van der Waals surface area contributed by atoms with E-state index in [1.807, 2.05) is 0 Å². The third kappa shape index (κ3) is 3.56. The molecule has 0 aliphatic rings. The first-order valence-electron chi connectivity index (χ1n) is 7.51. The van der Waals surface area contributed by atoms with Gasteiger partial charge in [0.2, 0.25) is 0 Å². The Morgan fingerprint density at radius 2 is 1.62 bits per heavy atom. The van der Waals surface area contributed by atoms with Gasteiger partial charge in [0.05, 0.1) is 6.04 Å². The monoisotopic (exact) mass is 345 g/mol. The molecule has 0 fully saturated rings. The number of benzene rings is 2.